The van der Waals surface area contributed by atoms with Crippen LogP contribution in [0.25, 0.3) is 0 Å². The van der Waals surface area contributed by atoms with Crippen molar-refractivity contribution in [2.75, 3.05) is 36.1 Å². The molecule has 0 aliphatic carbocycles. The summed E-state index contributed by atoms with van der Waals surface area (Å²) in [6, 6.07) is 0. The molecule has 0 saturated heterocycles. The molecule has 4 N–H and O–H groups in total. The molecule has 7 heteroatoms. The van der Waals surface area contributed by atoms with E-state index < -0.39 is 0 Å². The molecule has 1 rings (SSSR count). The Kier molecular flexibility index (Phi) is 6.89. The lowest BCUT2D eigenvalue weighted by Gasteiger charge is -2.02. The molecule has 0 fully saturated rings. The highest BCUT2D eigenvalue weighted by atomic mass is 32.2. The molecule has 1 aromatic heterocycles. The van der Waals surface area contributed by atoms with E-state index in [4.69, 9.17) is 5.73 Å². The van der Waals surface area contributed by atoms with Crippen molar-refractivity contribution in [1.29, 1.82) is 0 Å². The molecule has 0 atom stereocenters. The average Bonchev–Trinajstić information content (AvgIpc) is 2.73. The molecule has 0 radical (unpaired) electrons. The zero-order valence-corrected chi connectivity index (χ0v) is 12.4. The Morgan fingerprint density at radius 3 is 2.94 bits per heavy atom. The van der Waals surface area contributed by atoms with Gasteiger partial charge in [0.15, 0.2) is 5.13 Å². The van der Waals surface area contributed by atoms with Gasteiger partial charge in [0.2, 0.25) is 0 Å². The summed E-state index contributed by atoms with van der Waals surface area (Å²) < 4.78 is 0. The zero-order chi connectivity index (χ0) is 13.4. The molecular formula is C11H20N4OS2. The molecule has 0 aliphatic heterocycles. The van der Waals surface area contributed by atoms with Gasteiger partial charge in [-0.05, 0) is 24.9 Å². The molecule has 1 heterocycles. The summed E-state index contributed by atoms with van der Waals surface area (Å²) >= 11 is 3.08. The monoisotopic (exact) mass is 288 g/mol. The van der Waals surface area contributed by atoms with Gasteiger partial charge in [0.1, 0.15) is 10.7 Å². The Balaban J connectivity index is 2.48. The molecule has 18 heavy (non-hydrogen) atoms. The van der Waals surface area contributed by atoms with Crippen LogP contribution in [0.1, 0.15) is 29.4 Å². The number of nitrogen functional groups attached to an aromatic ring is 1. The number of nitrogens with two attached hydrogens (primary N) is 1. The number of anilines is 2. The topological polar surface area (TPSA) is 80.0 Å². The quantitative estimate of drug-likeness (QED) is 0.638. The predicted molar refractivity (Wildman–Crippen MR) is 80.6 cm³/mol. The molecule has 102 valence electrons. The minimum Gasteiger partial charge on any atom is -0.382 e. The number of carbonyl (C=O) groups excluding carboxylic acids is 1. The first-order valence-corrected chi connectivity index (χ1v) is 8.17. The van der Waals surface area contributed by atoms with Crippen molar-refractivity contribution in [3.63, 3.8) is 0 Å². The Morgan fingerprint density at radius 1 is 1.50 bits per heavy atom. The fraction of sp³-hybridized carbons (Fsp3) is 0.636. The number of hydrogen-bond donors (Lipinski definition) is 3. The van der Waals surface area contributed by atoms with Crippen molar-refractivity contribution >= 4 is 40.0 Å². The van der Waals surface area contributed by atoms with Crippen LogP contribution in [0, 0.1) is 0 Å². The second kappa shape index (κ2) is 8.20. The largest absolute Gasteiger partial charge is 0.382 e. The van der Waals surface area contributed by atoms with Crippen molar-refractivity contribution in [1.82, 2.24) is 10.3 Å². The molecule has 0 bridgehead atoms. The van der Waals surface area contributed by atoms with Crippen LogP contribution in [0.3, 0.4) is 0 Å². The lowest BCUT2D eigenvalue weighted by molar-refractivity contribution is 0.0958. The van der Waals surface area contributed by atoms with E-state index in [0.29, 0.717) is 22.4 Å². The molecule has 0 aliphatic rings. The molecule has 0 unspecified atom stereocenters. The number of aromatic nitrogens is 1. The maximum absolute atomic E-state index is 11.9. The minimum atomic E-state index is -0.129. The second-order valence-electron chi connectivity index (χ2n) is 3.76. The van der Waals surface area contributed by atoms with Crippen molar-refractivity contribution < 1.29 is 4.79 Å². The van der Waals surface area contributed by atoms with Gasteiger partial charge in [-0.3, -0.25) is 4.79 Å². The van der Waals surface area contributed by atoms with Gasteiger partial charge in [0, 0.05) is 13.1 Å². The van der Waals surface area contributed by atoms with Gasteiger partial charge < -0.3 is 16.4 Å². The van der Waals surface area contributed by atoms with Gasteiger partial charge in [-0.15, -0.1) is 0 Å². The van der Waals surface area contributed by atoms with Crippen LogP contribution in [0.15, 0.2) is 0 Å². The molecule has 5 nitrogen and oxygen atoms in total. The van der Waals surface area contributed by atoms with Gasteiger partial charge >= 0.3 is 0 Å². The third-order valence-corrected chi connectivity index (χ3v) is 3.92. The molecule has 0 aromatic carbocycles. The first-order valence-electron chi connectivity index (χ1n) is 5.96. The fourth-order valence-electron chi connectivity index (χ4n) is 1.30. The SMILES string of the molecule is CCCNc1nc(N)c(C(=O)NCCCSC)s1. The van der Waals surface area contributed by atoms with Crippen molar-refractivity contribution in [2.24, 2.45) is 0 Å². The van der Waals surface area contributed by atoms with Gasteiger partial charge in [-0.1, -0.05) is 18.3 Å². The van der Waals surface area contributed by atoms with E-state index in [2.05, 4.69) is 28.8 Å². The lowest BCUT2D eigenvalue weighted by atomic mass is 10.4. The number of nitrogens with zero attached hydrogens (tertiary/aromatic N) is 1. The van der Waals surface area contributed by atoms with Crippen LogP contribution in [0.5, 0.6) is 0 Å². The normalized spacial score (nSPS) is 10.3. The summed E-state index contributed by atoms with van der Waals surface area (Å²) in [6.07, 6.45) is 4.02. The summed E-state index contributed by atoms with van der Waals surface area (Å²) in [5.74, 6) is 1.22. The number of rotatable bonds is 8. The molecule has 0 spiro atoms. The van der Waals surface area contributed by atoms with E-state index in [9.17, 15) is 4.79 Å². The maximum atomic E-state index is 11.9. The average molecular weight is 288 g/mol. The van der Waals surface area contributed by atoms with E-state index in [1.54, 1.807) is 11.8 Å². The standard InChI is InChI=1S/C11H20N4OS2/c1-3-5-14-11-15-9(12)8(18-11)10(16)13-6-4-7-17-2/h3-7,12H2,1-2H3,(H,13,16)(H,14,15). The van der Waals surface area contributed by atoms with E-state index in [0.717, 1.165) is 25.1 Å². The van der Waals surface area contributed by atoms with E-state index >= 15 is 0 Å². The van der Waals surface area contributed by atoms with Crippen LogP contribution in [-0.4, -0.2) is 36.0 Å². The minimum absolute atomic E-state index is 0.129. The molecule has 1 amide bonds. The summed E-state index contributed by atoms with van der Waals surface area (Å²) in [5.41, 5.74) is 5.74. The summed E-state index contributed by atoms with van der Waals surface area (Å²) in [4.78, 5) is 16.5. The highest BCUT2D eigenvalue weighted by Gasteiger charge is 2.15. The van der Waals surface area contributed by atoms with Crippen molar-refractivity contribution in [3.05, 3.63) is 4.88 Å². The number of amides is 1. The number of thioether (sulfide) groups is 1. The van der Waals surface area contributed by atoms with Gasteiger partial charge in [0.25, 0.3) is 5.91 Å². The Hall–Kier alpha value is -0.950. The second-order valence-corrected chi connectivity index (χ2v) is 5.75. The molecule has 0 saturated carbocycles. The number of thiazole rings is 1. The van der Waals surface area contributed by atoms with E-state index in [-0.39, 0.29) is 5.91 Å². The smallest absolute Gasteiger partial charge is 0.265 e. The fourth-order valence-corrected chi connectivity index (χ4v) is 2.56. The summed E-state index contributed by atoms with van der Waals surface area (Å²) in [5, 5.41) is 6.70. The van der Waals surface area contributed by atoms with E-state index in [1.165, 1.54) is 11.3 Å². The number of carbonyl (C=O) groups is 1. The van der Waals surface area contributed by atoms with Crippen molar-refractivity contribution in [3.8, 4) is 0 Å². The van der Waals surface area contributed by atoms with Gasteiger partial charge in [-0.25, -0.2) is 4.98 Å². The van der Waals surface area contributed by atoms with E-state index in [1.807, 2.05) is 0 Å². The lowest BCUT2D eigenvalue weighted by Crippen LogP contribution is -2.24. The molecular weight excluding hydrogens is 268 g/mol. The Morgan fingerprint density at radius 2 is 2.28 bits per heavy atom. The Bertz CT molecular complexity index is 381. The highest BCUT2D eigenvalue weighted by Crippen LogP contribution is 2.24. The van der Waals surface area contributed by atoms with Gasteiger partial charge in [0.05, 0.1) is 0 Å². The van der Waals surface area contributed by atoms with Crippen LogP contribution in [-0.2, 0) is 0 Å². The zero-order valence-electron chi connectivity index (χ0n) is 10.8. The van der Waals surface area contributed by atoms with Crippen LogP contribution < -0.4 is 16.4 Å². The maximum Gasteiger partial charge on any atom is 0.265 e. The third kappa shape index (κ3) is 4.73. The third-order valence-electron chi connectivity index (χ3n) is 2.20. The first-order chi connectivity index (χ1) is 8.69. The number of hydrogen-bond acceptors (Lipinski definition) is 6. The van der Waals surface area contributed by atoms with Gasteiger partial charge in [-0.2, -0.15) is 11.8 Å². The first kappa shape index (κ1) is 15.1. The number of nitrogens with one attached hydrogen (secondary N) is 2. The van der Waals surface area contributed by atoms with Crippen LogP contribution >= 0.6 is 23.1 Å². The summed E-state index contributed by atoms with van der Waals surface area (Å²) in [7, 11) is 0. The molecule has 1 aromatic rings. The van der Waals surface area contributed by atoms with Crippen LogP contribution in [0.4, 0.5) is 10.9 Å². The Labute approximate surface area is 116 Å². The highest BCUT2D eigenvalue weighted by molar-refractivity contribution is 7.98. The van der Waals surface area contributed by atoms with Crippen molar-refractivity contribution in [2.45, 2.75) is 19.8 Å². The summed E-state index contributed by atoms with van der Waals surface area (Å²) in [6.45, 7) is 3.58. The van der Waals surface area contributed by atoms with Crippen LogP contribution in [0.2, 0.25) is 0 Å². The predicted octanol–water partition coefficient (Wildman–Crippen LogP) is 2.03.